The van der Waals surface area contributed by atoms with E-state index < -0.39 is 0 Å². The van der Waals surface area contributed by atoms with Crippen molar-refractivity contribution in [3.8, 4) is 11.5 Å². The van der Waals surface area contributed by atoms with Gasteiger partial charge < -0.3 is 19.2 Å². The van der Waals surface area contributed by atoms with Gasteiger partial charge >= 0.3 is 0 Å². The molecule has 1 amide bonds. The molecule has 5 nitrogen and oxygen atoms in total. The minimum Gasteiger partial charge on any atom is -0.469 e. The summed E-state index contributed by atoms with van der Waals surface area (Å²) in [4.78, 5) is 12.1. The molecule has 104 valence electrons. The summed E-state index contributed by atoms with van der Waals surface area (Å²) in [6, 6.07) is 8.87. The van der Waals surface area contributed by atoms with Gasteiger partial charge in [0, 0.05) is 18.0 Å². The van der Waals surface area contributed by atoms with Crippen molar-refractivity contribution in [3.05, 3.63) is 47.9 Å². The maximum absolute atomic E-state index is 12.1. The van der Waals surface area contributed by atoms with E-state index in [1.165, 1.54) is 0 Å². The number of nitrogens with one attached hydrogen (secondary N) is 1. The number of carbonyl (C=O) groups excluding carboxylic acids is 1. The summed E-state index contributed by atoms with van der Waals surface area (Å²) in [5.41, 5.74) is 0.556. The van der Waals surface area contributed by atoms with Gasteiger partial charge in [-0.05, 0) is 37.3 Å². The van der Waals surface area contributed by atoms with Crippen molar-refractivity contribution in [1.29, 1.82) is 0 Å². The number of carbonyl (C=O) groups is 1. The van der Waals surface area contributed by atoms with Crippen LogP contribution in [-0.4, -0.2) is 18.7 Å². The fraction of sp³-hybridized carbons (Fsp3) is 0.267. The van der Waals surface area contributed by atoms with E-state index in [-0.39, 0.29) is 18.7 Å². The van der Waals surface area contributed by atoms with E-state index in [1.54, 1.807) is 24.5 Å². The summed E-state index contributed by atoms with van der Waals surface area (Å²) in [5, 5.41) is 2.93. The molecule has 0 fully saturated rings. The lowest BCUT2D eigenvalue weighted by molar-refractivity contribution is 0.0939. The molecular weight excluding hydrogens is 258 g/mol. The first kappa shape index (κ1) is 12.6. The molecule has 1 atom stereocenters. The van der Waals surface area contributed by atoms with E-state index in [0.717, 1.165) is 5.76 Å². The Morgan fingerprint density at radius 3 is 2.95 bits per heavy atom. The van der Waals surface area contributed by atoms with Gasteiger partial charge in [0.2, 0.25) is 6.79 Å². The lowest BCUT2D eigenvalue weighted by Crippen LogP contribution is -2.33. The molecule has 0 saturated heterocycles. The molecule has 0 radical (unpaired) electrons. The molecule has 1 N–H and O–H groups in total. The SMILES string of the molecule is C[C@@H](Cc1ccco1)NC(=O)c1ccc2c(c1)OCO2. The Bertz CT molecular complexity index is 606. The first-order valence-corrected chi connectivity index (χ1v) is 6.45. The van der Waals surface area contributed by atoms with Gasteiger partial charge in [-0.25, -0.2) is 0 Å². The van der Waals surface area contributed by atoms with Gasteiger partial charge in [0.1, 0.15) is 5.76 Å². The maximum Gasteiger partial charge on any atom is 0.251 e. The predicted octanol–water partition coefficient (Wildman–Crippen LogP) is 2.37. The van der Waals surface area contributed by atoms with Crippen LogP contribution in [-0.2, 0) is 6.42 Å². The monoisotopic (exact) mass is 273 g/mol. The third-order valence-corrected chi connectivity index (χ3v) is 3.10. The smallest absolute Gasteiger partial charge is 0.251 e. The van der Waals surface area contributed by atoms with E-state index in [9.17, 15) is 4.79 Å². The Morgan fingerprint density at radius 2 is 2.15 bits per heavy atom. The Labute approximate surface area is 116 Å². The summed E-state index contributed by atoms with van der Waals surface area (Å²) in [5.74, 6) is 1.99. The van der Waals surface area contributed by atoms with Crippen molar-refractivity contribution < 1.29 is 18.7 Å². The molecule has 1 aliphatic rings. The zero-order valence-electron chi connectivity index (χ0n) is 11.1. The summed E-state index contributed by atoms with van der Waals surface area (Å²) >= 11 is 0. The Balaban J connectivity index is 1.64. The van der Waals surface area contributed by atoms with Gasteiger partial charge in [0.15, 0.2) is 11.5 Å². The van der Waals surface area contributed by atoms with E-state index in [0.29, 0.717) is 23.5 Å². The van der Waals surface area contributed by atoms with Crippen molar-refractivity contribution in [3.63, 3.8) is 0 Å². The highest BCUT2D eigenvalue weighted by atomic mass is 16.7. The number of fused-ring (bicyclic) bond motifs is 1. The first-order chi connectivity index (χ1) is 9.72. The average molecular weight is 273 g/mol. The van der Waals surface area contributed by atoms with Gasteiger partial charge in [-0.15, -0.1) is 0 Å². The van der Waals surface area contributed by atoms with Crippen molar-refractivity contribution >= 4 is 5.91 Å². The highest BCUT2D eigenvalue weighted by Gasteiger charge is 2.17. The molecule has 1 aromatic carbocycles. The topological polar surface area (TPSA) is 60.7 Å². The number of ether oxygens (including phenoxy) is 2. The molecule has 1 aliphatic heterocycles. The molecule has 0 bridgehead atoms. The van der Waals surface area contributed by atoms with Crippen molar-refractivity contribution in [2.45, 2.75) is 19.4 Å². The molecule has 1 aromatic heterocycles. The van der Waals surface area contributed by atoms with Crippen LogP contribution < -0.4 is 14.8 Å². The molecule has 0 saturated carbocycles. The molecule has 0 spiro atoms. The number of rotatable bonds is 4. The predicted molar refractivity (Wildman–Crippen MR) is 71.9 cm³/mol. The standard InChI is InChI=1S/C15H15NO4/c1-10(7-12-3-2-6-18-12)16-15(17)11-4-5-13-14(8-11)20-9-19-13/h2-6,8,10H,7,9H2,1H3,(H,16,17)/t10-/m0/s1. The van der Waals surface area contributed by atoms with Gasteiger partial charge in [-0.2, -0.15) is 0 Å². The van der Waals surface area contributed by atoms with Crippen LogP contribution >= 0.6 is 0 Å². The number of hydrogen-bond donors (Lipinski definition) is 1. The second kappa shape index (κ2) is 5.28. The van der Waals surface area contributed by atoms with Gasteiger partial charge in [-0.3, -0.25) is 4.79 Å². The number of furan rings is 1. The van der Waals surface area contributed by atoms with Gasteiger partial charge in [0.25, 0.3) is 5.91 Å². The summed E-state index contributed by atoms with van der Waals surface area (Å²) in [6.07, 6.45) is 2.28. The maximum atomic E-state index is 12.1. The lowest BCUT2D eigenvalue weighted by atomic mass is 10.1. The average Bonchev–Trinajstić information content (AvgIpc) is 3.07. The zero-order valence-corrected chi connectivity index (χ0v) is 11.1. The van der Waals surface area contributed by atoms with Crippen LogP contribution in [0.4, 0.5) is 0 Å². The fourth-order valence-electron chi connectivity index (χ4n) is 2.13. The lowest BCUT2D eigenvalue weighted by Gasteiger charge is -2.12. The molecule has 20 heavy (non-hydrogen) atoms. The van der Waals surface area contributed by atoms with E-state index >= 15 is 0 Å². The third kappa shape index (κ3) is 2.61. The highest BCUT2D eigenvalue weighted by Crippen LogP contribution is 2.32. The third-order valence-electron chi connectivity index (χ3n) is 3.10. The summed E-state index contributed by atoms with van der Waals surface area (Å²) in [6.45, 7) is 2.14. The van der Waals surface area contributed by atoms with Gasteiger partial charge in [-0.1, -0.05) is 0 Å². The van der Waals surface area contributed by atoms with Crippen LogP contribution in [0.3, 0.4) is 0 Å². The van der Waals surface area contributed by atoms with Gasteiger partial charge in [0.05, 0.1) is 6.26 Å². The minimum atomic E-state index is -0.137. The second-order valence-corrected chi connectivity index (χ2v) is 4.73. The van der Waals surface area contributed by atoms with Crippen LogP contribution in [0.5, 0.6) is 11.5 Å². The van der Waals surface area contributed by atoms with E-state index in [4.69, 9.17) is 13.9 Å². The Kier molecular flexibility index (Phi) is 3.33. The molecule has 0 aliphatic carbocycles. The largest absolute Gasteiger partial charge is 0.469 e. The first-order valence-electron chi connectivity index (χ1n) is 6.45. The molecule has 5 heteroatoms. The number of amides is 1. The minimum absolute atomic E-state index is 0.0147. The normalized spacial score (nSPS) is 14.1. The van der Waals surface area contributed by atoms with Crippen molar-refractivity contribution in [2.75, 3.05) is 6.79 Å². The fourth-order valence-corrected chi connectivity index (χ4v) is 2.13. The van der Waals surface area contributed by atoms with Crippen LogP contribution in [0, 0.1) is 0 Å². The van der Waals surface area contributed by atoms with Crippen LogP contribution in [0.2, 0.25) is 0 Å². The van der Waals surface area contributed by atoms with E-state index in [1.807, 2.05) is 19.1 Å². The summed E-state index contributed by atoms with van der Waals surface area (Å²) < 4.78 is 15.7. The van der Waals surface area contributed by atoms with Crippen molar-refractivity contribution in [2.24, 2.45) is 0 Å². The van der Waals surface area contributed by atoms with Crippen molar-refractivity contribution in [1.82, 2.24) is 5.32 Å². The molecule has 2 heterocycles. The molecular formula is C15H15NO4. The van der Waals surface area contributed by atoms with E-state index in [2.05, 4.69) is 5.32 Å². The molecule has 2 aromatic rings. The number of hydrogen-bond acceptors (Lipinski definition) is 4. The summed E-state index contributed by atoms with van der Waals surface area (Å²) in [7, 11) is 0. The Hall–Kier alpha value is -2.43. The highest BCUT2D eigenvalue weighted by molar-refractivity contribution is 5.95. The quantitative estimate of drug-likeness (QED) is 0.929. The van der Waals surface area contributed by atoms with Crippen LogP contribution in [0.1, 0.15) is 23.0 Å². The van der Waals surface area contributed by atoms with Crippen LogP contribution in [0.15, 0.2) is 41.0 Å². The van der Waals surface area contributed by atoms with Crippen LogP contribution in [0.25, 0.3) is 0 Å². The second-order valence-electron chi connectivity index (χ2n) is 4.73. The zero-order chi connectivity index (χ0) is 13.9. The number of benzene rings is 1. The Morgan fingerprint density at radius 1 is 1.30 bits per heavy atom. The molecule has 3 rings (SSSR count). The molecule has 0 unspecified atom stereocenters.